The monoisotopic (exact) mass is 527 g/mol. The van der Waals surface area contributed by atoms with Crippen LogP contribution in [0.3, 0.4) is 0 Å². The van der Waals surface area contributed by atoms with E-state index in [1.54, 1.807) is 38.6 Å². The number of benzene rings is 3. The van der Waals surface area contributed by atoms with E-state index in [1.807, 2.05) is 53.4 Å². The summed E-state index contributed by atoms with van der Waals surface area (Å²) >= 11 is 0. The molecule has 0 saturated heterocycles. The lowest BCUT2D eigenvalue weighted by Gasteiger charge is -2.25. The number of hydrogen-bond acceptors (Lipinski definition) is 7. The average Bonchev–Trinajstić information content (AvgIpc) is 3.44. The summed E-state index contributed by atoms with van der Waals surface area (Å²) in [4.78, 5) is 20.1. The number of anilines is 1. The van der Waals surface area contributed by atoms with Crippen molar-refractivity contribution in [3.63, 3.8) is 0 Å². The zero-order valence-corrected chi connectivity index (χ0v) is 22.5. The minimum absolute atomic E-state index is 0.0668. The zero-order valence-electron chi connectivity index (χ0n) is 22.5. The molecule has 1 N–H and O–H groups in total. The molecule has 0 radical (unpaired) electrons. The predicted molar refractivity (Wildman–Crippen MR) is 151 cm³/mol. The molecule has 8 heteroatoms. The van der Waals surface area contributed by atoms with Crippen LogP contribution in [0.4, 0.5) is 5.69 Å². The number of rotatable bonds is 11. The average molecular weight is 528 g/mol. The second kappa shape index (κ2) is 11.9. The van der Waals surface area contributed by atoms with Gasteiger partial charge < -0.3 is 29.2 Å². The smallest absolute Gasteiger partial charge is 0.254 e. The fraction of sp³-hybridized carbons (Fsp3) is 0.290. The molecule has 1 unspecified atom stereocenters. The Hall–Kier alpha value is -4.46. The number of hydrogen-bond donors (Lipinski definition) is 1. The SMILES string of the molecule is COc1cc(NC(C)CCCN(Cc2ccccc2OC)C(=O)c2ccc3c(c2)OCO3)c2ncccc2c1. The fourth-order valence-corrected chi connectivity index (χ4v) is 4.82. The first-order valence-corrected chi connectivity index (χ1v) is 13.1. The third-order valence-corrected chi connectivity index (χ3v) is 6.84. The normalized spacial score (nSPS) is 12.7. The van der Waals surface area contributed by atoms with Crippen LogP contribution in [0.25, 0.3) is 10.9 Å². The van der Waals surface area contributed by atoms with Gasteiger partial charge in [-0.3, -0.25) is 9.78 Å². The standard InChI is InChI=1S/C31H33N3O5/c1-21(33-26-18-25(36-2)16-22-10-6-14-32-30(22)26)8-7-15-34(19-24-9-4-5-11-27(24)37-3)31(35)23-12-13-28-29(17-23)39-20-38-28/h4-6,9-14,16-18,21,33H,7-8,15,19-20H2,1-3H3. The minimum Gasteiger partial charge on any atom is -0.497 e. The number of nitrogens with one attached hydrogen (secondary N) is 1. The van der Waals surface area contributed by atoms with E-state index in [-0.39, 0.29) is 18.7 Å². The number of para-hydroxylation sites is 1. The number of amides is 1. The molecule has 1 aliphatic rings. The molecule has 3 aromatic carbocycles. The molecule has 0 saturated carbocycles. The van der Waals surface area contributed by atoms with Crippen molar-refractivity contribution in [1.82, 2.24) is 9.88 Å². The lowest BCUT2D eigenvalue weighted by molar-refractivity contribution is 0.0738. The Bertz CT molecular complexity index is 1460. The van der Waals surface area contributed by atoms with E-state index in [9.17, 15) is 4.79 Å². The van der Waals surface area contributed by atoms with Gasteiger partial charge in [0.05, 0.1) is 25.4 Å². The molecular weight excluding hydrogens is 494 g/mol. The van der Waals surface area contributed by atoms with Crippen LogP contribution in [0.1, 0.15) is 35.7 Å². The van der Waals surface area contributed by atoms with E-state index in [0.717, 1.165) is 46.5 Å². The summed E-state index contributed by atoms with van der Waals surface area (Å²) in [7, 11) is 3.31. The van der Waals surface area contributed by atoms with Crippen LogP contribution in [0.15, 0.2) is 72.9 Å². The maximum absolute atomic E-state index is 13.7. The van der Waals surface area contributed by atoms with Crippen LogP contribution in [-0.2, 0) is 6.54 Å². The number of nitrogens with zero attached hydrogens (tertiary/aromatic N) is 2. The van der Waals surface area contributed by atoms with Gasteiger partial charge in [-0.15, -0.1) is 0 Å². The summed E-state index contributed by atoms with van der Waals surface area (Å²) in [6.07, 6.45) is 3.44. The van der Waals surface area contributed by atoms with Crippen LogP contribution in [0.2, 0.25) is 0 Å². The maximum Gasteiger partial charge on any atom is 0.254 e. The van der Waals surface area contributed by atoms with E-state index in [0.29, 0.717) is 30.2 Å². The van der Waals surface area contributed by atoms with Gasteiger partial charge in [0.1, 0.15) is 11.5 Å². The van der Waals surface area contributed by atoms with E-state index in [2.05, 4.69) is 17.2 Å². The minimum atomic E-state index is -0.0668. The van der Waals surface area contributed by atoms with Crippen molar-refractivity contribution in [2.24, 2.45) is 0 Å². The van der Waals surface area contributed by atoms with Gasteiger partial charge in [-0.1, -0.05) is 24.3 Å². The molecule has 39 heavy (non-hydrogen) atoms. The summed E-state index contributed by atoms with van der Waals surface area (Å²) in [5.41, 5.74) is 3.35. The van der Waals surface area contributed by atoms with Crippen molar-refractivity contribution in [3.05, 3.63) is 84.1 Å². The Morgan fingerprint density at radius 1 is 1.03 bits per heavy atom. The van der Waals surface area contributed by atoms with Gasteiger partial charge in [0.15, 0.2) is 11.5 Å². The van der Waals surface area contributed by atoms with Crippen molar-refractivity contribution in [2.75, 3.05) is 32.9 Å². The highest BCUT2D eigenvalue weighted by Gasteiger charge is 2.22. The number of pyridine rings is 1. The van der Waals surface area contributed by atoms with Gasteiger partial charge >= 0.3 is 0 Å². The molecule has 202 valence electrons. The summed E-state index contributed by atoms with van der Waals surface area (Å²) in [6.45, 7) is 3.32. The molecule has 0 spiro atoms. The number of ether oxygens (including phenoxy) is 4. The first-order chi connectivity index (χ1) is 19.1. The van der Waals surface area contributed by atoms with Gasteiger partial charge in [-0.25, -0.2) is 0 Å². The van der Waals surface area contributed by atoms with Crippen molar-refractivity contribution in [2.45, 2.75) is 32.4 Å². The van der Waals surface area contributed by atoms with E-state index in [4.69, 9.17) is 18.9 Å². The molecular formula is C31H33N3O5. The first kappa shape index (κ1) is 26.2. The highest BCUT2D eigenvalue weighted by molar-refractivity contribution is 5.95. The highest BCUT2D eigenvalue weighted by atomic mass is 16.7. The molecule has 0 aliphatic carbocycles. The molecule has 1 aromatic heterocycles. The van der Waals surface area contributed by atoms with Crippen LogP contribution >= 0.6 is 0 Å². The summed E-state index contributed by atoms with van der Waals surface area (Å²) in [5.74, 6) is 2.72. The summed E-state index contributed by atoms with van der Waals surface area (Å²) < 4.78 is 22.0. The Labute approximate surface area is 228 Å². The van der Waals surface area contributed by atoms with Crippen molar-refractivity contribution in [1.29, 1.82) is 0 Å². The molecule has 0 fully saturated rings. The topological polar surface area (TPSA) is 82.2 Å². The molecule has 4 aromatic rings. The molecule has 0 bridgehead atoms. The Balaban J connectivity index is 1.30. The largest absolute Gasteiger partial charge is 0.497 e. The first-order valence-electron chi connectivity index (χ1n) is 13.1. The third kappa shape index (κ3) is 6.00. The van der Waals surface area contributed by atoms with E-state index in [1.165, 1.54) is 0 Å². The quantitative estimate of drug-likeness (QED) is 0.260. The van der Waals surface area contributed by atoms with Crippen molar-refractivity contribution < 1.29 is 23.7 Å². The second-order valence-electron chi connectivity index (χ2n) is 9.54. The van der Waals surface area contributed by atoms with Crippen LogP contribution in [0, 0.1) is 0 Å². The van der Waals surface area contributed by atoms with E-state index < -0.39 is 0 Å². The molecule has 1 amide bonds. The highest BCUT2D eigenvalue weighted by Crippen LogP contribution is 2.33. The summed E-state index contributed by atoms with van der Waals surface area (Å²) in [6, 6.07) is 21.2. The lowest BCUT2D eigenvalue weighted by atomic mass is 10.1. The fourth-order valence-electron chi connectivity index (χ4n) is 4.82. The molecule has 5 rings (SSSR count). The van der Waals surface area contributed by atoms with Gasteiger partial charge in [0.25, 0.3) is 5.91 Å². The molecule has 8 nitrogen and oxygen atoms in total. The Kier molecular flexibility index (Phi) is 8.01. The van der Waals surface area contributed by atoms with Gasteiger partial charge in [0.2, 0.25) is 6.79 Å². The number of carbonyl (C=O) groups excluding carboxylic acids is 1. The van der Waals surface area contributed by atoms with Crippen LogP contribution in [-0.4, -0.2) is 49.4 Å². The number of fused-ring (bicyclic) bond motifs is 2. The molecule has 1 aliphatic heterocycles. The lowest BCUT2D eigenvalue weighted by Crippen LogP contribution is -2.32. The van der Waals surface area contributed by atoms with Crippen LogP contribution < -0.4 is 24.3 Å². The van der Waals surface area contributed by atoms with Gasteiger partial charge in [-0.2, -0.15) is 0 Å². The maximum atomic E-state index is 13.7. The van der Waals surface area contributed by atoms with Gasteiger partial charge in [-0.05, 0) is 56.2 Å². The number of methoxy groups -OCH3 is 2. The summed E-state index contributed by atoms with van der Waals surface area (Å²) in [5, 5.41) is 4.61. The Morgan fingerprint density at radius 2 is 1.87 bits per heavy atom. The molecule has 2 heterocycles. The zero-order chi connectivity index (χ0) is 27.2. The van der Waals surface area contributed by atoms with Crippen LogP contribution in [0.5, 0.6) is 23.0 Å². The number of aromatic nitrogens is 1. The predicted octanol–water partition coefficient (Wildman–Crippen LogP) is 5.90. The Morgan fingerprint density at radius 3 is 2.72 bits per heavy atom. The molecule has 1 atom stereocenters. The second-order valence-corrected chi connectivity index (χ2v) is 9.54. The van der Waals surface area contributed by atoms with Crippen molar-refractivity contribution >= 4 is 22.5 Å². The number of carbonyl (C=O) groups is 1. The van der Waals surface area contributed by atoms with Crippen molar-refractivity contribution in [3.8, 4) is 23.0 Å². The van der Waals surface area contributed by atoms with E-state index >= 15 is 0 Å². The third-order valence-electron chi connectivity index (χ3n) is 6.84. The van der Waals surface area contributed by atoms with Gasteiger partial charge in [0, 0.05) is 47.9 Å².